The second-order valence-corrected chi connectivity index (χ2v) is 6.56. The van der Waals surface area contributed by atoms with E-state index in [2.05, 4.69) is 9.97 Å². The molecule has 2 rings (SSSR count). The summed E-state index contributed by atoms with van der Waals surface area (Å²) < 4.78 is 5.37. The molecule has 1 atom stereocenters. The molecule has 0 aromatic carbocycles. The molecule has 1 amide bonds. The van der Waals surface area contributed by atoms with Gasteiger partial charge in [-0.05, 0) is 27.2 Å². The first-order valence-electron chi connectivity index (χ1n) is 7.43. The van der Waals surface area contributed by atoms with Crippen molar-refractivity contribution in [2.75, 3.05) is 25.0 Å². The summed E-state index contributed by atoms with van der Waals surface area (Å²) in [5.41, 5.74) is -0.472. The van der Waals surface area contributed by atoms with Gasteiger partial charge in [0.1, 0.15) is 5.60 Å². The zero-order valence-electron chi connectivity index (χ0n) is 13.8. The van der Waals surface area contributed by atoms with E-state index < -0.39 is 11.6 Å². The Morgan fingerprint density at radius 3 is 2.48 bits per heavy atom. The highest BCUT2D eigenvalue weighted by atomic mass is 16.6. The molecule has 1 unspecified atom stereocenters. The third kappa shape index (κ3) is 4.30. The number of likely N-dealkylation sites (N-methyl/N-ethyl adjacent to an activating group) is 1. The molecule has 8 heteroatoms. The summed E-state index contributed by atoms with van der Waals surface area (Å²) in [5.74, 6) is -0.623. The quantitative estimate of drug-likeness (QED) is 0.903. The predicted octanol–water partition coefficient (Wildman–Crippen LogP) is 1.62. The third-order valence-electron chi connectivity index (χ3n) is 3.56. The Morgan fingerprint density at radius 1 is 1.35 bits per heavy atom. The summed E-state index contributed by atoms with van der Waals surface area (Å²) >= 11 is 0. The van der Waals surface area contributed by atoms with E-state index >= 15 is 0 Å². The normalized spacial score (nSPS) is 17.9. The van der Waals surface area contributed by atoms with Gasteiger partial charge in [-0.2, -0.15) is 0 Å². The third-order valence-corrected chi connectivity index (χ3v) is 3.56. The number of carbonyl (C=O) groups excluding carboxylic acids is 1. The molecule has 23 heavy (non-hydrogen) atoms. The van der Waals surface area contributed by atoms with Crippen molar-refractivity contribution in [3.05, 3.63) is 18.0 Å². The van der Waals surface area contributed by atoms with Crippen LogP contribution < -0.4 is 4.90 Å². The number of hydrogen-bond donors (Lipinski definition) is 1. The fourth-order valence-electron chi connectivity index (χ4n) is 2.33. The molecule has 8 nitrogen and oxygen atoms in total. The first-order chi connectivity index (χ1) is 10.7. The molecule has 0 spiro atoms. The van der Waals surface area contributed by atoms with Gasteiger partial charge in [-0.25, -0.2) is 19.6 Å². The summed E-state index contributed by atoms with van der Waals surface area (Å²) in [6, 6.07) is 0.0678. The van der Waals surface area contributed by atoms with Crippen LogP contribution in [-0.4, -0.2) is 63.8 Å². The lowest BCUT2D eigenvalue weighted by Gasteiger charge is -2.26. The number of aromatic carboxylic acids is 1. The lowest BCUT2D eigenvalue weighted by molar-refractivity contribution is 0.0292. The molecule has 1 aliphatic rings. The Balaban J connectivity index is 1.98. The van der Waals surface area contributed by atoms with Gasteiger partial charge in [-0.3, -0.25) is 0 Å². The largest absolute Gasteiger partial charge is 0.478 e. The highest BCUT2D eigenvalue weighted by Crippen LogP contribution is 2.20. The van der Waals surface area contributed by atoms with Crippen molar-refractivity contribution in [1.29, 1.82) is 0 Å². The van der Waals surface area contributed by atoms with Crippen LogP contribution >= 0.6 is 0 Å². The standard InChI is InChI=1S/C15H22N4O4/c1-15(2,3)23-14(22)19-6-5-11(9-19)18(4)13-16-7-10(8-17-13)12(20)21/h7-8,11H,5-6,9H2,1-4H3,(H,20,21). The maximum atomic E-state index is 12.1. The zero-order valence-corrected chi connectivity index (χ0v) is 13.8. The number of amides is 1. The summed E-state index contributed by atoms with van der Waals surface area (Å²) in [4.78, 5) is 34.6. The van der Waals surface area contributed by atoms with E-state index in [-0.39, 0.29) is 17.7 Å². The molecule has 1 aliphatic heterocycles. The minimum Gasteiger partial charge on any atom is -0.478 e. The van der Waals surface area contributed by atoms with Crippen molar-refractivity contribution >= 4 is 18.0 Å². The maximum Gasteiger partial charge on any atom is 0.410 e. The fraction of sp³-hybridized carbons (Fsp3) is 0.600. The SMILES string of the molecule is CN(c1ncc(C(=O)O)cn1)C1CCN(C(=O)OC(C)(C)C)C1. The number of aromatic nitrogens is 2. The number of rotatable bonds is 3. The second-order valence-electron chi connectivity index (χ2n) is 6.56. The number of carbonyl (C=O) groups is 2. The molecule has 0 radical (unpaired) electrons. The smallest absolute Gasteiger partial charge is 0.410 e. The van der Waals surface area contributed by atoms with Gasteiger partial charge in [0.2, 0.25) is 5.95 Å². The molecule has 1 N–H and O–H groups in total. The zero-order chi connectivity index (χ0) is 17.2. The predicted molar refractivity (Wildman–Crippen MR) is 83.6 cm³/mol. The Kier molecular flexibility index (Phi) is 4.72. The van der Waals surface area contributed by atoms with Gasteiger partial charge in [-0.1, -0.05) is 0 Å². The van der Waals surface area contributed by atoms with Gasteiger partial charge >= 0.3 is 12.1 Å². The van der Waals surface area contributed by atoms with Crippen molar-refractivity contribution in [3.63, 3.8) is 0 Å². The summed E-state index contributed by atoms with van der Waals surface area (Å²) in [6.07, 6.45) is 3.01. The van der Waals surface area contributed by atoms with E-state index in [0.29, 0.717) is 19.0 Å². The molecule has 2 heterocycles. The van der Waals surface area contributed by atoms with Gasteiger partial charge in [0.25, 0.3) is 0 Å². The molecule has 0 saturated carbocycles. The Hall–Kier alpha value is -2.38. The molecule has 1 aromatic heterocycles. The number of carboxylic acid groups (broad SMARTS) is 1. The van der Waals surface area contributed by atoms with Gasteiger partial charge in [-0.15, -0.1) is 0 Å². The Labute approximate surface area is 135 Å². The number of nitrogens with zero attached hydrogens (tertiary/aromatic N) is 4. The average Bonchev–Trinajstić information content (AvgIpc) is 2.94. The Bertz CT molecular complexity index is 582. The number of anilines is 1. The molecule has 0 bridgehead atoms. The molecule has 0 aliphatic carbocycles. The van der Waals surface area contributed by atoms with Crippen molar-refractivity contribution in [1.82, 2.24) is 14.9 Å². The van der Waals surface area contributed by atoms with Gasteiger partial charge in [0.15, 0.2) is 0 Å². The lowest BCUT2D eigenvalue weighted by atomic mass is 10.2. The average molecular weight is 322 g/mol. The summed E-state index contributed by atoms with van der Waals surface area (Å²) in [6.45, 7) is 6.64. The number of hydrogen-bond acceptors (Lipinski definition) is 6. The topological polar surface area (TPSA) is 95.9 Å². The van der Waals surface area contributed by atoms with E-state index in [1.807, 2.05) is 32.7 Å². The van der Waals surface area contributed by atoms with Crippen LogP contribution in [0.3, 0.4) is 0 Å². The molecular formula is C15H22N4O4. The van der Waals surface area contributed by atoms with Gasteiger partial charge in [0, 0.05) is 32.5 Å². The molecular weight excluding hydrogens is 300 g/mol. The van der Waals surface area contributed by atoms with Crippen LogP contribution in [0.15, 0.2) is 12.4 Å². The Morgan fingerprint density at radius 2 is 1.96 bits per heavy atom. The van der Waals surface area contributed by atoms with E-state index in [1.54, 1.807) is 4.90 Å². The van der Waals surface area contributed by atoms with Crippen LogP contribution in [0.4, 0.5) is 10.7 Å². The van der Waals surface area contributed by atoms with Crippen LogP contribution in [0.2, 0.25) is 0 Å². The van der Waals surface area contributed by atoms with E-state index in [4.69, 9.17) is 9.84 Å². The minimum atomic E-state index is -1.06. The summed E-state index contributed by atoms with van der Waals surface area (Å²) in [7, 11) is 1.83. The molecule has 126 valence electrons. The van der Waals surface area contributed by atoms with Crippen LogP contribution in [0.1, 0.15) is 37.6 Å². The summed E-state index contributed by atoms with van der Waals surface area (Å²) in [5, 5.41) is 8.86. The lowest BCUT2D eigenvalue weighted by Crippen LogP contribution is -2.39. The molecule has 1 aromatic rings. The van der Waals surface area contributed by atoms with Gasteiger partial charge in [0.05, 0.1) is 11.6 Å². The molecule has 1 fully saturated rings. The monoisotopic (exact) mass is 322 g/mol. The van der Waals surface area contributed by atoms with Crippen LogP contribution in [-0.2, 0) is 4.74 Å². The van der Waals surface area contributed by atoms with Crippen molar-refractivity contribution in [2.24, 2.45) is 0 Å². The van der Waals surface area contributed by atoms with Crippen molar-refractivity contribution in [2.45, 2.75) is 38.8 Å². The first-order valence-corrected chi connectivity index (χ1v) is 7.43. The fourth-order valence-corrected chi connectivity index (χ4v) is 2.33. The highest BCUT2D eigenvalue weighted by molar-refractivity contribution is 5.86. The van der Waals surface area contributed by atoms with Crippen LogP contribution in [0.5, 0.6) is 0 Å². The first kappa shape index (κ1) is 17.0. The van der Waals surface area contributed by atoms with E-state index in [0.717, 1.165) is 6.42 Å². The second kappa shape index (κ2) is 6.39. The number of likely N-dealkylation sites (tertiary alicyclic amines) is 1. The van der Waals surface area contributed by atoms with Crippen molar-refractivity contribution < 1.29 is 19.4 Å². The molecule has 1 saturated heterocycles. The van der Waals surface area contributed by atoms with Crippen LogP contribution in [0.25, 0.3) is 0 Å². The van der Waals surface area contributed by atoms with E-state index in [9.17, 15) is 9.59 Å². The number of ether oxygens (including phenoxy) is 1. The maximum absolute atomic E-state index is 12.1. The number of carboxylic acids is 1. The minimum absolute atomic E-state index is 0.0453. The highest BCUT2D eigenvalue weighted by Gasteiger charge is 2.32. The van der Waals surface area contributed by atoms with Crippen molar-refractivity contribution in [3.8, 4) is 0 Å². The van der Waals surface area contributed by atoms with Crippen LogP contribution in [0, 0.1) is 0 Å². The van der Waals surface area contributed by atoms with Gasteiger partial charge < -0.3 is 19.6 Å². The van der Waals surface area contributed by atoms with E-state index in [1.165, 1.54) is 12.4 Å².